The van der Waals surface area contributed by atoms with Crippen molar-refractivity contribution in [1.82, 2.24) is 19.7 Å². The maximum Gasteiger partial charge on any atom is 0.341 e. The number of hydrogen-bond donors (Lipinski definition) is 1. The summed E-state index contributed by atoms with van der Waals surface area (Å²) in [5.74, 6) is 0.176. The number of benzene rings is 1. The van der Waals surface area contributed by atoms with E-state index in [-0.39, 0.29) is 6.61 Å². The van der Waals surface area contributed by atoms with Gasteiger partial charge in [0.25, 0.3) is 0 Å². The first-order valence-corrected chi connectivity index (χ1v) is 8.96. The second kappa shape index (κ2) is 7.48. The standard InChI is InChI=1S/C21H19N5O2/c1-3-28-21(27)17-12-23-20-16(13-24-26(20)15-7-5-4-6-8-15)19(17)25-18-10-9-14(2)11-22-18/h4-13H,3H2,1-2H3,(H,22,23,25). The molecule has 0 aliphatic rings. The second-order valence-electron chi connectivity index (χ2n) is 6.24. The van der Waals surface area contributed by atoms with E-state index in [2.05, 4.69) is 20.4 Å². The van der Waals surface area contributed by atoms with E-state index in [0.717, 1.165) is 11.3 Å². The number of nitrogens with one attached hydrogen (secondary N) is 1. The summed E-state index contributed by atoms with van der Waals surface area (Å²) in [5.41, 5.74) is 3.47. The number of aryl methyl sites for hydroxylation is 1. The number of hydrogen-bond acceptors (Lipinski definition) is 6. The van der Waals surface area contributed by atoms with Gasteiger partial charge in [-0.25, -0.2) is 19.4 Å². The Morgan fingerprint density at radius 3 is 2.61 bits per heavy atom. The maximum absolute atomic E-state index is 12.5. The van der Waals surface area contributed by atoms with Gasteiger partial charge in [0.15, 0.2) is 5.65 Å². The lowest BCUT2D eigenvalue weighted by atomic mass is 10.1. The van der Waals surface area contributed by atoms with Crippen molar-refractivity contribution < 1.29 is 9.53 Å². The first-order chi connectivity index (χ1) is 13.7. The van der Waals surface area contributed by atoms with Crippen molar-refractivity contribution in [3.05, 3.63) is 72.2 Å². The number of para-hydroxylation sites is 1. The highest BCUT2D eigenvalue weighted by atomic mass is 16.5. The van der Waals surface area contributed by atoms with Crippen LogP contribution in [0.4, 0.5) is 11.5 Å². The number of pyridine rings is 2. The number of carbonyl (C=O) groups excluding carboxylic acids is 1. The number of nitrogens with zero attached hydrogens (tertiary/aromatic N) is 4. The van der Waals surface area contributed by atoms with Gasteiger partial charge in [-0.05, 0) is 37.6 Å². The van der Waals surface area contributed by atoms with Gasteiger partial charge in [0.1, 0.15) is 11.4 Å². The Kier molecular flexibility index (Phi) is 4.72. The molecule has 0 saturated carbocycles. The van der Waals surface area contributed by atoms with Crippen LogP contribution in [0.2, 0.25) is 0 Å². The van der Waals surface area contributed by atoms with Gasteiger partial charge >= 0.3 is 5.97 Å². The van der Waals surface area contributed by atoms with Gasteiger partial charge in [-0.15, -0.1) is 0 Å². The Bertz CT molecular complexity index is 1120. The molecule has 0 saturated heterocycles. The summed E-state index contributed by atoms with van der Waals surface area (Å²) in [6, 6.07) is 13.5. The normalized spacial score (nSPS) is 10.8. The highest BCUT2D eigenvalue weighted by Crippen LogP contribution is 2.30. The van der Waals surface area contributed by atoms with Crippen LogP contribution in [0, 0.1) is 6.92 Å². The lowest BCUT2D eigenvalue weighted by molar-refractivity contribution is 0.0527. The summed E-state index contributed by atoms with van der Waals surface area (Å²) in [7, 11) is 0. The predicted octanol–water partition coefficient (Wildman–Crippen LogP) is 4.04. The highest BCUT2D eigenvalue weighted by molar-refractivity contribution is 6.05. The van der Waals surface area contributed by atoms with Crippen LogP contribution in [-0.4, -0.2) is 32.3 Å². The van der Waals surface area contributed by atoms with Crippen molar-refractivity contribution in [1.29, 1.82) is 0 Å². The number of rotatable bonds is 5. The number of fused-ring (bicyclic) bond motifs is 1. The summed E-state index contributed by atoms with van der Waals surface area (Å²) in [5, 5.41) is 8.42. The summed E-state index contributed by atoms with van der Waals surface area (Å²) in [6.07, 6.45) is 4.96. The summed E-state index contributed by atoms with van der Waals surface area (Å²) in [4.78, 5) is 21.3. The quantitative estimate of drug-likeness (QED) is 0.532. The average molecular weight is 373 g/mol. The van der Waals surface area contributed by atoms with Crippen LogP contribution in [0.15, 0.2) is 61.1 Å². The molecule has 140 valence electrons. The third-order valence-corrected chi connectivity index (χ3v) is 4.26. The van der Waals surface area contributed by atoms with Gasteiger partial charge < -0.3 is 10.1 Å². The van der Waals surface area contributed by atoms with E-state index in [1.807, 2.05) is 49.4 Å². The molecule has 1 aromatic carbocycles. The zero-order valence-electron chi connectivity index (χ0n) is 15.6. The molecule has 0 fully saturated rings. The molecule has 4 rings (SSSR count). The largest absolute Gasteiger partial charge is 0.462 e. The fourth-order valence-corrected chi connectivity index (χ4v) is 2.90. The molecule has 28 heavy (non-hydrogen) atoms. The smallest absolute Gasteiger partial charge is 0.341 e. The molecule has 0 aliphatic carbocycles. The Balaban J connectivity index is 1.87. The molecule has 0 bridgehead atoms. The lowest BCUT2D eigenvalue weighted by Gasteiger charge is -2.12. The molecule has 1 N–H and O–H groups in total. The van der Waals surface area contributed by atoms with Crippen LogP contribution in [0.25, 0.3) is 16.7 Å². The summed E-state index contributed by atoms with van der Waals surface area (Å²) >= 11 is 0. The molecule has 0 aliphatic heterocycles. The zero-order chi connectivity index (χ0) is 19.5. The van der Waals surface area contributed by atoms with E-state index in [1.54, 1.807) is 24.0 Å². The Labute approximate surface area is 162 Å². The summed E-state index contributed by atoms with van der Waals surface area (Å²) < 4.78 is 6.93. The minimum atomic E-state index is -0.445. The number of anilines is 2. The van der Waals surface area contributed by atoms with Crippen LogP contribution in [-0.2, 0) is 4.74 Å². The maximum atomic E-state index is 12.5. The zero-order valence-corrected chi connectivity index (χ0v) is 15.6. The van der Waals surface area contributed by atoms with Crippen molar-refractivity contribution in [2.24, 2.45) is 0 Å². The Hall–Kier alpha value is -3.74. The topological polar surface area (TPSA) is 81.9 Å². The summed E-state index contributed by atoms with van der Waals surface area (Å²) in [6.45, 7) is 4.02. The van der Waals surface area contributed by atoms with E-state index in [0.29, 0.717) is 28.1 Å². The lowest BCUT2D eigenvalue weighted by Crippen LogP contribution is -2.10. The van der Waals surface area contributed by atoms with Gasteiger partial charge in [0, 0.05) is 12.4 Å². The van der Waals surface area contributed by atoms with E-state index < -0.39 is 5.97 Å². The number of ether oxygens (including phenoxy) is 1. The SMILES string of the molecule is CCOC(=O)c1cnc2c(cnn2-c2ccccc2)c1Nc1ccc(C)cn1. The van der Waals surface area contributed by atoms with E-state index in [1.165, 1.54) is 6.20 Å². The minimum absolute atomic E-state index is 0.280. The third kappa shape index (κ3) is 3.29. The number of aromatic nitrogens is 4. The van der Waals surface area contributed by atoms with Gasteiger partial charge in [-0.1, -0.05) is 24.3 Å². The molecule has 4 aromatic rings. The van der Waals surface area contributed by atoms with Crippen molar-refractivity contribution >= 4 is 28.5 Å². The fourth-order valence-electron chi connectivity index (χ4n) is 2.90. The van der Waals surface area contributed by atoms with Gasteiger partial charge in [0.2, 0.25) is 0 Å². The molecule has 3 heterocycles. The monoisotopic (exact) mass is 373 g/mol. The van der Waals surface area contributed by atoms with Crippen LogP contribution < -0.4 is 5.32 Å². The number of carbonyl (C=O) groups is 1. The van der Waals surface area contributed by atoms with E-state index in [9.17, 15) is 4.79 Å². The molecule has 0 atom stereocenters. The Morgan fingerprint density at radius 1 is 1.07 bits per heavy atom. The molecular weight excluding hydrogens is 354 g/mol. The van der Waals surface area contributed by atoms with Crippen LogP contribution in [0.1, 0.15) is 22.8 Å². The molecule has 0 amide bonds. The third-order valence-electron chi connectivity index (χ3n) is 4.26. The Morgan fingerprint density at radius 2 is 1.89 bits per heavy atom. The van der Waals surface area contributed by atoms with Crippen LogP contribution >= 0.6 is 0 Å². The van der Waals surface area contributed by atoms with Crippen molar-refractivity contribution in [2.45, 2.75) is 13.8 Å². The molecule has 3 aromatic heterocycles. The first-order valence-electron chi connectivity index (χ1n) is 8.96. The molecule has 0 spiro atoms. The van der Waals surface area contributed by atoms with E-state index in [4.69, 9.17) is 4.74 Å². The molecule has 7 heteroatoms. The molecular formula is C21H19N5O2. The van der Waals surface area contributed by atoms with Gasteiger partial charge in [0.05, 0.1) is 29.6 Å². The van der Waals surface area contributed by atoms with Crippen LogP contribution in [0.5, 0.6) is 0 Å². The van der Waals surface area contributed by atoms with Gasteiger partial charge in [-0.3, -0.25) is 0 Å². The highest BCUT2D eigenvalue weighted by Gasteiger charge is 2.20. The van der Waals surface area contributed by atoms with Crippen molar-refractivity contribution in [3.8, 4) is 5.69 Å². The number of esters is 1. The first kappa shape index (κ1) is 17.7. The molecule has 0 unspecified atom stereocenters. The van der Waals surface area contributed by atoms with Crippen molar-refractivity contribution in [2.75, 3.05) is 11.9 Å². The second-order valence-corrected chi connectivity index (χ2v) is 6.24. The van der Waals surface area contributed by atoms with Gasteiger partial charge in [-0.2, -0.15) is 5.10 Å². The fraction of sp³-hybridized carbons (Fsp3) is 0.143. The molecule has 0 radical (unpaired) electrons. The average Bonchev–Trinajstić information content (AvgIpc) is 3.15. The molecule has 7 nitrogen and oxygen atoms in total. The van der Waals surface area contributed by atoms with Crippen LogP contribution in [0.3, 0.4) is 0 Å². The predicted molar refractivity (Wildman–Crippen MR) is 107 cm³/mol. The van der Waals surface area contributed by atoms with Crippen molar-refractivity contribution in [3.63, 3.8) is 0 Å². The van der Waals surface area contributed by atoms with E-state index >= 15 is 0 Å². The minimum Gasteiger partial charge on any atom is -0.462 e.